The Balaban J connectivity index is 1.61. The third-order valence-electron chi connectivity index (χ3n) is 17.4. The molecule has 2 heterocycles. The highest BCUT2D eigenvalue weighted by molar-refractivity contribution is 5.76. The summed E-state index contributed by atoms with van der Waals surface area (Å²) in [5, 5.41) is 87.4. The number of hydrogen-bond acceptors (Lipinski definition) is 13. The molecule has 0 aromatic rings. The van der Waals surface area contributed by atoms with Gasteiger partial charge in [-0.1, -0.05) is 290 Å². The molecule has 0 radical (unpaired) electrons. The van der Waals surface area contributed by atoms with Crippen LogP contribution in [-0.2, 0) is 23.7 Å². The van der Waals surface area contributed by atoms with Gasteiger partial charge in [0.05, 0.1) is 32.0 Å². The van der Waals surface area contributed by atoms with Gasteiger partial charge in [0, 0.05) is 6.42 Å². The van der Waals surface area contributed by atoms with E-state index in [9.17, 15) is 45.6 Å². The van der Waals surface area contributed by atoms with E-state index in [1.54, 1.807) is 6.08 Å². The molecule has 12 unspecified atom stereocenters. The first-order chi connectivity index (χ1) is 45.1. The van der Waals surface area contributed by atoms with Crippen LogP contribution in [0.25, 0.3) is 0 Å². The highest BCUT2D eigenvalue weighted by Crippen LogP contribution is 2.30. The van der Waals surface area contributed by atoms with Gasteiger partial charge in [-0.15, -0.1) is 0 Å². The van der Waals surface area contributed by atoms with Crippen molar-refractivity contribution in [1.82, 2.24) is 5.32 Å². The molecule has 0 aliphatic carbocycles. The van der Waals surface area contributed by atoms with Crippen molar-refractivity contribution < 1.29 is 64.6 Å². The van der Waals surface area contributed by atoms with Gasteiger partial charge in [0.2, 0.25) is 5.91 Å². The van der Waals surface area contributed by atoms with E-state index in [1.165, 1.54) is 167 Å². The number of amides is 1. The van der Waals surface area contributed by atoms with E-state index < -0.39 is 86.8 Å². The number of nitrogens with one attached hydrogen (secondary N) is 1. The zero-order chi connectivity index (χ0) is 66.6. The third-order valence-corrected chi connectivity index (χ3v) is 17.4. The van der Waals surface area contributed by atoms with Gasteiger partial charge >= 0.3 is 0 Å². The van der Waals surface area contributed by atoms with Crippen LogP contribution in [0.1, 0.15) is 284 Å². The van der Waals surface area contributed by atoms with Gasteiger partial charge in [0.25, 0.3) is 0 Å². The summed E-state index contributed by atoms with van der Waals surface area (Å²) in [6.07, 6.45) is 71.6. The largest absolute Gasteiger partial charge is 0.394 e. The molecule has 0 saturated carbocycles. The van der Waals surface area contributed by atoms with Crippen LogP contribution in [0.5, 0.6) is 0 Å². The number of allylic oxidation sites excluding steroid dienone is 17. The highest BCUT2D eigenvalue weighted by atomic mass is 16.7. The minimum atomic E-state index is -1.80. The fraction of sp³-hybridized carbons (Fsp3) is 0.756. The molecular weight excluding hydrogens is 1160 g/mol. The van der Waals surface area contributed by atoms with Gasteiger partial charge in [0.1, 0.15) is 48.8 Å². The van der Waals surface area contributed by atoms with Crippen molar-refractivity contribution >= 4 is 5.91 Å². The summed E-state index contributed by atoms with van der Waals surface area (Å²) in [4.78, 5) is 13.3. The summed E-state index contributed by atoms with van der Waals surface area (Å²) in [5.74, 6) is -0.253. The first kappa shape index (κ1) is 84.7. The molecule has 0 aromatic heterocycles. The Kier molecular flexibility index (Phi) is 56.4. The monoisotopic (exact) mass is 1290 g/mol. The van der Waals surface area contributed by atoms with Crippen LogP contribution in [-0.4, -0.2) is 140 Å². The number of aliphatic hydroxyl groups is 8. The van der Waals surface area contributed by atoms with Crippen molar-refractivity contribution in [2.24, 2.45) is 0 Å². The predicted molar refractivity (Wildman–Crippen MR) is 378 cm³/mol. The maximum atomic E-state index is 13.3. The van der Waals surface area contributed by atoms with E-state index in [0.717, 1.165) is 83.5 Å². The average molecular weight is 1290 g/mol. The van der Waals surface area contributed by atoms with Gasteiger partial charge in [-0.05, 0) is 96.3 Å². The lowest BCUT2D eigenvalue weighted by molar-refractivity contribution is -0.359. The minimum absolute atomic E-state index is 0.253. The van der Waals surface area contributed by atoms with E-state index in [2.05, 4.69) is 116 Å². The molecule has 0 spiro atoms. The van der Waals surface area contributed by atoms with Crippen LogP contribution in [0.3, 0.4) is 0 Å². The Hall–Kier alpha value is -3.35. The molecule has 2 aliphatic rings. The lowest BCUT2D eigenvalue weighted by Crippen LogP contribution is -2.65. The summed E-state index contributed by atoms with van der Waals surface area (Å²) >= 11 is 0. The maximum Gasteiger partial charge on any atom is 0.220 e. The van der Waals surface area contributed by atoms with Crippen molar-refractivity contribution in [3.8, 4) is 0 Å². The van der Waals surface area contributed by atoms with E-state index >= 15 is 0 Å². The van der Waals surface area contributed by atoms with Gasteiger partial charge in [-0.25, -0.2) is 0 Å². The Morgan fingerprint density at radius 1 is 0.402 bits per heavy atom. The molecule has 14 heteroatoms. The molecule has 92 heavy (non-hydrogen) atoms. The average Bonchev–Trinajstić information content (AvgIpc) is 1.05. The molecule has 9 N–H and O–H groups in total. The molecule has 0 aromatic carbocycles. The number of carbonyl (C=O) groups is 1. The molecule has 2 fully saturated rings. The van der Waals surface area contributed by atoms with E-state index in [0.29, 0.717) is 12.8 Å². The second kappa shape index (κ2) is 61.3. The fourth-order valence-corrected chi connectivity index (χ4v) is 11.6. The second-order valence-corrected chi connectivity index (χ2v) is 25.7. The predicted octanol–water partition coefficient (Wildman–Crippen LogP) is 15.9. The summed E-state index contributed by atoms with van der Waals surface area (Å²) in [6, 6.07) is -0.943. The Morgan fingerprint density at radius 2 is 0.761 bits per heavy atom. The number of ether oxygens (including phenoxy) is 4. The summed E-state index contributed by atoms with van der Waals surface area (Å²) in [6.45, 7) is 2.67. The second-order valence-electron chi connectivity index (χ2n) is 25.7. The van der Waals surface area contributed by atoms with Crippen molar-refractivity contribution in [3.05, 3.63) is 109 Å². The topological polar surface area (TPSA) is 228 Å². The summed E-state index contributed by atoms with van der Waals surface area (Å²) in [7, 11) is 0. The third kappa shape index (κ3) is 44.4. The zero-order valence-electron chi connectivity index (χ0n) is 57.8. The van der Waals surface area contributed by atoms with Crippen molar-refractivity contribution in [1.29, 1.82) is 0 Å². The van der Waals surface area contributed by atoms with Crippen LogP contribution in [0.15, 0.2) is 109 Å². The number of aliphatic hydroxyl groups excluding tert-OH is 8. The molecule has 2 rings (SSSR count). The first-order valence-electron chi connectivity index (χ1n) is 37.1. The Morgan fingerprint density at radius 3 is 1.20 bits per heavy atom. The maximum absolute atomic E-state index is 13.3. The molecule has 530 valence electrons. The molecular formula is C78H135NO13. The first-order valence-corrected chi connectivity index (χ1v) is 37.1. The molecule has 2 aliphatic heterocycles. The van der Waals surface area contributed by atoms with Gasteiger partial charge in [-0.3, -0.25) is 4.79 Å². The van der Waals surface area contributed by atoms with E-state index in [1.807, 2.05) is 6.08 Å². The lowest BCUT2D eigenvalue weighted by Gasteiger charge is -2.46. The molecule has 2 saturated heterocycles. The van der Waals surface area contributed by atoms with Gasteiger partial charge in [-0.2, -0.15) is 0 Å². The number of rotatable bonds is 60. The van der Waals surface area contributed by atoms with Crippen LogP contribution < -0.4 is 5.32 Å². The number of hydrogen-bond donors (Lipinski definition) is 9. The minimum Gasteiger partial charge on any atom is -0.394 e. The zero-order valence-corrected chi connectivity index (χ0v) is 57.8. The molecule has 1 amide bonds. The van der Waals surface area contributed by atoms with Crippen LogP contribution in [0.4, 0.5) is 0 Å². The Labute approximate surface area is 559 Å². The lowest BCUT2D eigenvalue weighted by atomic mass is 9.97. The normalized spacial score (nSPS) is 23.3. The summed E-state index contributed by atoms with van der Waals surface area (Å²) < 4.78 is 22.8. The van der Waals surface area contributed by atoms with E-state index in [4.69, 9.17) is 18.9 Å². The van der Waals surface area contributed by atoms with Gasteiger partial charge in [0.15, 0.2) is 12.6 Å². The quantitative estimate of drug-likeness (QED) is 0.0204. The van der Waals surface area contributed by atoms with Crippen molar-refractivity contribution in [2.45, 2.75) is 357 Å². The molecule has 12 atom stereocenters. The van der Waals surface area contributed by atoms with Gasteiger partial charge < -0.3 is 65.1 Å². The van der Waals surface area contributed by atoms with Crippen molar-refractivity contribution in [3.63, 3.8) is 0 Å². The molecule has 0 bridgehead atoms. The number of carbonyl (C=O) groups excluding carboxylic acids is 1. The van der Waals surface area contributed by atoms with Crippen LogP contribution in [0.2, 0.25) is 0 Å². The SMILES string of the molecule is CC/C=C\C/C=C\C/C=C\C/C=C\C/C=C\C/C=C\CCCCCCCCCCCCCCCCCCCCCCC(=O)NC(COC1OC(CO)C(OC2OC(CO)C(O)C(O)C2O)C(O)C1O)C(O)/C=C/CC/C=C/CC/C=C/CCCCCCCCCCC. The molecule has 14 nitrogen and oxygen atoms in total. The summed E-state index contributed by atoms with van der Waals surface area (Å²) in [5.41, 5.74) is 0. The van der Waals surface area contributed by atoms with Crippen LogP contribution >= 0.6 is 0 Å². The van der Waals surface area contributed by atoms with E-state index in [-0.39, 0.29) is 18.9 Å². The highest BCUT2D eigenvalue weighted by Gasteiger charge is 2.51. The van der Waals surface area contributed by atoms with Crippen LogP contribution in [0, 0.1) is 0 Å². The van der Waals surface area contributed by atoms with Crippen molar-refractivity contribution in [2.75, 3.05) is 19.8 Å². The smallest absolute Gasteiger partial charge is 0.220 e. The Bertz CT molecular complexity index is 1960. The number of unbranched alkanes of at least 4 members (excludes halogenated alkanes) is 31. The standard InChI is InChI=1S/C78H135NO13/c1-3-5-7-9-11-13-15-17-19-21-23-24-25-26-27-28-29-30-31-32-33-34-35-36-37-38-39-40-41-42-44-46-48-50-52-54-56-58-60-62-70(83)79-66(67(82)61-59-57-55-53-51-49-47-45-43-22-20-18-16-14-12-10-8-6-4-2)65-89-77-75(88)73(86)76(69(64-81)91-77)92-78-74(87)72(85)71(84)68(63-80)90-78/h5,7,11,13,17,19,23-24,26-27,29-30,43,45,51,53,59,61,66-69,71-78,80-82,84-88H,3-4,6,8-10,12,14-16,18,20-22,25,28,31-42,44,46-50,52,54-58,60,62-65H2,1-2H3,(H,79,83)/b7-5-,13-11-,19-17-,24-23-,27-26-,30-29-,45-43+,53-51+,61-59+. The fourth-order valence-electron chi connectivity index (χ4n) is 11.6.